The zero-order valence-corrected chi connectivity index (χ0v) is 18.9. The molecule has 0 radical (unpaired) electrons. The number of halogens is 1. The van der Waals surface area contributed by atoms with Crippen LogP contribution in [0.1, 0.15) is 16.8 Å². The molecule has 2 atom stereocenters. The second-order valence-electron chi connectivity index (χ2n) is 8.31. The Morgan fingerprint density at radius 3 is 2.53 bits per heavy atom. The highest BCUT2D eigenvalue weighted by Crippen LogP contribution is 2.26. The Bertz CT molecular complexity index is 1080. The van der Waals surface area contributed by atoms with E-state index in [4.69, 9.17) is 16.0 Å². The number of likely N-dealkylation sites (tertiary alicyclic amines) is 1. The minimum atomic E-state index is -0.316. The summed E-state index contributed by atoms with van der Waals surface area (Å²) in [7, 11) is 3.95. The average molecular weight is 452 g/mol. The molecule has 2 amide bonds. The van der Waals surface area contributed by atoms with E-state index >= 15 is 0 Å². The van der Waals surface area contributed by atoms with Crippen molar-refractivity contribution < 1.29 is 14.0 Å². The fraction of sp³-hybridized carbons (Fsp3) is 0.280. The molecular formula is C25H26ClN3O3. The minimum absolute atomic E-state index is 0.0851. The Kier molecular flexibility index (Phi) is 6.63. The molecule has 0 aliphatic carbocycles. The van der Waals surface area contributed by atoms with E-state index in [0.717, 1.165) is 5.56 Å². The Balaban J connectivity index is 1.52. The summed E-state index contributed by atoms with van der Waals surface area (Å²) in [4.78, 5) is 30.3. The summed E-state index contributed by atoms with van der Waals surface area (Å²) in [5, 5.41) is 3.57. The molecule has 0 bridgehead atoms. The summed E-state index contributed by atoms with van der Waals surface area (Å²) < 4.78 is 5.47. The molecule has 2 unspecified atom stereocenters. The van der Waals surface area contributed by atoms with Gasteiger partial charge in [0, 0.05) is 41.0 Å². The number of hydrogen-bond donors (Lipinski definition) is 1. The molecule has 0 spiro atoms. The number of carbonyl (C=O) groups is 2. The third-order valence-electron chi connectivity index (χ3n) is 5.84. The van der Waals surface area contributed by atoms with Crippen molar-refractivity contribution in [3.63, 3.8) is 0 Å². The molecule has 2 heterocycles. The molecular weight excluding hydrogens is 426 g/mol. The molecule has 7 heteroatoms. The van der Waals surface area contributed by atoms with E-state index in [9.17, 15) is 9.59 Å². The Hall–Kier alpha value is -3.09. The maximum Gasteiger partial charge on any atom is 0.253 e. The number of furan rings is 1. The van der Waals surface area contributed by atoms with E-state index in [-0.39, 0.29) is 23.8 Å². The van der Waals surface area contributed by atoms with Crippen molar-refractivity contribution >= 4 is 29.1 Å². The van der Waals surface area contributed by atoms with Crippen molar-refractivity contribution in [2.45, 2.75) is 12.5 Å². The standard InChI is InChI=1S/C25H26ClN3O3/c1-28(2)22-14-19(24(30)27-21-10-8-20(26)9-11-21)15-29(16-22)25(31)18-6-3-5-17(13-18)23-7-4-12-32-23/h3-13,19,22H,14-16H2,1-2H3,(H,27,30). The van der Waals surface area contributed by atoms with Gasteiger partial charge in [0.05, 0.1) is 12.2 Å². The van der Waals surface area contributed by atoms with Gasteiger partial charge in [-0.3, -0.25) is 9.59 Å². The van der Waals surface area contributed by atoms with Crippen LogP contribution in [0, 0.1) is 5.92 Å². The number of benzene rings is 2. The van der Waals surface area contributed by atoms with Gasteiger partial charge in [-0.25, -0.2) is 0 Å². The van der Waals surface area contributed by atoms with Crippen LogP contribution in [0.25, 0.3) is 11.3 Å². The van der Waals surface area contributed by atoms with Crippen LogP contribution >= 0.6 is 11.6 Å². The highest BCUT2D eigenvalue weighted by Gasteiger charge is 2.35. The molecule has 1 fully saturated rings. The van der Waals surface area contributed by atoms with E-state index in [1.165, 1.54) is 0 Å². The van der Waals surface area contributed by atoms with Crippen molar-refractivity contribution in [1.29, 1.82) is 0 Å². The Labute approximate surface area is 192 Å². The number of carbonyl (C=O) groups excluding carboxylic acids is 2. The molecule has 4 rings (SSSR count). The first-order chi connectivity index (χ1) is 15.4. The van der Waals surface area contributed by atoms with Crippen LogP contribution < -0.4 is 5.32 Å². The van der Waals surface area contributed by atoms with Gasteiger partial charge < -0.3 is 19.5 Å². The lowest BCUT2D eigenvalue weighted by molar-refractivity contribution is -0.121. The molecule has 3 aromatic rings. The van der Waals surface area contributed by atoms with Crippen molar-refractivity contribution in [1.82, 2.24) is 9.80 Å². The van der Waals surface area contributed by atoms with Gasteiger partial charge in [0.1, 0.15) is 5.76 Å². The van der Waals surface area contributed by atoms with E-state index < -0.39 is 0 Å². The van der Waals surface area contributed by atoms with Gasteiger partial charge in [0.15, 0.2) is 0 Å². The van der Waals surface area contributed by atoms with E-state index in [0.29, 0.717) is 41.5 Å². The maximum atomic E-state index is 13.4. The van der Waals surface area contributed by atoms with Crippen molar-refractivity contribution in [3.8, 4) is 11.3 Å². The molecule has 32 heavy (non-hydrogen) atoms. The molecule has 1 N–H and O–H groups in total. The van der Waals surface area contributed by atoms with Crippen LogP contribution in [-0.4, -0.2) is 54.8 Å². The third kappa shape index (κ3) is 5.03. The molecule has 1 aliphatic rings. The summed E-state index contributed by atoms with van der Waals surface area (Å²) in [6.07, 6.45) is 2.29. The zero-order chi connectivity index (χ0) is 22.7. The summed E-state index contributed by atoms with van der Waals surface area (Å²) in [6.45, 7) is 0.940. The number of anilines is 1. The van der Waals surface area contributed by atoms with Gasteiger partial charge in [-0.05, 0) is 69.0 Å². The Morgan fingerprint density at radius 2 is 1.84 bits per heavy atom. The molecule has 0 saturated carbocycles. The highest BCUT2D eigenvalue weighted by molar-refractivity contribution is 6.30. The predicted molar refractivity (Wildman–Crippen MR) is 126 cm³/mol. The number of likely N-dealkylation sites (N-methyl/N-ethyl adjacent to an activating group) is 1. The number of rotatable bonds is 5. The van der Waals surface area contributed by atoms with Crippen molar-refractivity contribution in [2.75, 3.05) is 32.5 Å². The number of nitrogens with zero attached hydrogens (tertiary/aromatic N) is 2. The van der Waals surface area contributed by atoms with Gasteiger partial charge in [-0.15, -0.1) is 0 Å². The first-order valence-electron chi connectivity index (χ1n) is 10.6. The lowest BCUT2D eigenvalue weighted by Gasteiger charge is -2.40. The second kappa shape index (κ2) is 9.59. The third-order valence-corrected chi connectivity index (χ3v) is 6.10. The molecule has 2 aromatic carbocycles. The van der Waals surface area contributed by atoms with Crippen LogP contribution in [0.5, 0.6) is 0 Å². The van der Waals surface area contributed by atoms with E-state index in [2.05, 4.69) is 10.2 Å². The van der Waals surface area contributed by atoms with Crippen LogP contribution in [0.15, 0.2) is 71.3 Å². The number of amides is 2. The van der Waals surface area contributed by atoms with E-state index in [1.54, 1.807) is 41.5 Å². The summed E-state index contributed by atoms with van der Waals surface area (Å²) in [6, 6.07) is 18.2. The number of piperidine rings is 1. The fourth-order valence-corrected chi connectivity index (χ4v) is 4.14. The topological polar surface area (TPSA) is 65.8 Å². The largest absolute Gasteiger partial charge is 0.464 e. The first-order valence-corrected chi connectivity index (χ1v) is 10.9. The SMILES string of the molecule is CN(C)C1CC(C(=O)Nc2ccc(Cl)cc2)CN(C(=O)c2cccc(-c3ccco3)c2)C1. The number of nitrogens with one attached hydrogen (secondary N) is 1. The summed E-state index contributed by atoms with van der Waals surface area (Å²) in [5.41, 5.74) is 2.12. The summed E-state index contributed by atoms with van der Waals surface area (Å²) >= 11 is 5.94. The molecule has 166 valence electrons. The highest BCUT2D eigenvalue weighted by atomic mass is 35.5. The van der Waals surface area contributed by atoms with Gasteiger partial charge in [-0.2, -0.15) is 0 Å². The molecule has 1 aromatic heterocycles. The normalized spacial score (nSPS) is 18.6. The van der Waals surface area contributed by atoms with Crippen LogP contribution in [0.2, 0.25) is 5.02 Å². The number of hydrogen-bond acceptors (Lipinski definition) is 4. The lowest BCUT2D eigenvalue weighted by atomic mass is 9.92. The smallest absolute Gasteiger partial charge is 0.253 e. The van der Waals surface area contributed by atoms with Gasteiger partial charge >= 0.3 is 0 Å². The average Bonchev–Trinajstić information content (AvgIpc) is 3.35. The van der Waals surface area contributed by atoms with Gasteiger partial charge in [-0.1, -0.05) is 23.7 Å². The Morgan fingerprint density at radius 1 is 1.06 bits per heavy atom. The lowest BCUT2D eigenvalue weighted by Crippen LogP contribution is -2.53. The summed E-state index contributed by atoms with van der Waals surface area (Å²) in [5.74, 6) is 0.212. The first kappa shape index (κ1) is 22.1. The fourth-order valence-electron chi connectivity index (χ4n) is 4.01. The second-order valence-corrected chi connectivity index (χ2v) is 8.75. The van der Waals surface area contributed by atoms with Crippen molar-refractivity contribution in [2.24, 2.45) is 5.92 Å². The van der Waals surface area contributed by atoms with Gasteiger partial charge in [0.2, 0.25) is 5.91 Å². The minimum Gasteiger partial charge on any atom is -0.464 e. The zero-order valence-electron chi connectivity index (χ0n) is 18.1. The van der Waals surface area contributed by atoms with Crippen LogP contribution in [-0.2, 0) is 4.79 Å². The van der Waals surface area contributed by atoms with Crippen LogP contribution in [0.3, 0.4) is 0 Å². The van der Waals surface area contributed by atoms with Crippen LogP contribution in [0.4, 0.5) is 5.69 Å². The molecule has 1 aliphatic heterocycles. The quantitative estimate of drug-likeness (QED) is 0.614. The van der Waals surface area contributed by atoms with Gasteiger partial charge in [0.25, 0.3) is 5.91 Å². The predicted octanol–water partition coefficient (Wildman–Crippen LogP) is 4.63. The molecule has 6 nitrogen and oxygen atoms in total. The monoisotopic (exact) mass is 451 g/mol. The van der Waals surface area contributed by atoms with Crippen molar-refractivity contribution in [3.05, 3.63) is 77.5 Å². The van der Waals surface area contributed by atoms with E-state index in [1.807, 2.05) is 44.4 Å². The maximum absolute atomic E-state index is 13.4. The molecule has 1 saturated heterocycles.